The maximum Gasteiger partial charge on any atom is 0.273 e. The average molecular weight is 203 g/mol. The molecule has 0 aliphatic carbocycles. The summed E-state index contributed by atoms with van der Waals surface area (Å²) < 4.78 is 0. The molecule has 1 amide bonds. The molecular weight excluding hydrogens is 194 g/mol. The van der Waals surface area contributed by atoms with E-state index < -0.39 is 0 Å². The number of hydrogen-bond donors (Lipinski definition) is 0. The van der Waals surface area contributed by atoms with E-state index in [0.717, 1.165) is 0 Å². The van der Waals surface area contributed by atoms with Gasteiger partial charge >= 0.3 is 0 Å². The van der Waals surface area contributed by atoms with Crippen molar-refractivity contribution in [3.05, 3.63) is 24.4 Å². The fraction of sp³-hybridized carbons (Fsp3) is 0.222. The van der Waals surface area contributed by atoms with E-state index >= 15 is 0 Å². The van der Waals surface area contributed by atoms with Gasteiger partial charge in [-0.1, -0.05) is 0 Å². The lowest BCUT2D eigenvalue weighted by molar-refractivity contribution is 0.0822. The minimum atomic E-state index is -0.187. The van der Waals surface area contributed by atoms with Crippen molar-refractivity contribution in [2.24, 2.45) is 0 Å². The standard InChI is InChI=1S/C9H9N5O/c1-14(2)9(15)7-4-11-8-6(13-7)3-10-5-12-8/h3-5H,1-2H3. The Morgan fingerprint density at radius 3 is 2.80 bits per heavy atom. The van der Waals surface area contributed by atoms with E-state index in [-0.39, 0.29) is 5.91 Å². The summed E-state index contributed by atoms with van der Waals surface area (Å²) in [6.07, 6.45) is 4.34. The first-order valence-corrected chi connectivity index (χ1v) is 4.33. The minimum Gasteiger partial charge on any atom is -0.343 e. The molecule has 76 valence electrons. The molecule has 0 atom stereocenters. The van der Waals surface area contributed by atoms with Gasteiger partial charge < -0.3 is 4.90 Å². The molecule has 2 aromatic heterocycles. The molecule has 0 radical (unpaired) electrons. The molecule has 2 rings (SSSR count). The van der Waals surface area contributed by atoms with Crippen molar-refractivity contribution in [1.29, 1.82) is 0 Å². The van der Waals surface area contributed by atoms with E-state index in [9.17, 15) is 4.79 Å². The van der Waals surface area contributed by atoms with E-state index in [1.54, 1.807) is 14.1 Å². The Hall–Kier alpha value is -2.11. The zero-order valence-corrected chi connectivity index (χ0v) is 8.38. The van der Waals surface area contributed by atoms with Crippen LogP contribution in [0.1, 0.15) is 10.5 Å². The van der Waals surface area contributed by atoms with Crippen LogP contribution in [0.4, 0.5) is 0 Å². The van der Waals surface area contributed by atoms with Gasteiger partial charge in [0.05, 0.1) is 12.4 Å². The zero-order chi connectivity index (χ0) is 10.8. The van der Waals surface area contributed by atoms with Gasteiger partial charge in [-0.25, -0.2) is 19.9 Å². The van der Waals surface area contributed by atoms with Gasteiger partial charge in [-0.15, -0.1) is 0 Å². The van der Waals surface area contributed by atoms with E-state index in [4.69, 9.17) is 0 Å². The van der Waals surface area contributed by atoms with Crippen molar-refractivity contribution in [3.63, 3.8) is 0 Å². The lowest BCUT2D eigenvalue weighted by Gasteiger charge is -2.08. The second-order valence-electron chi connectivity index (χ2n) is 3.19. The Balaban J connectivity index is 2.52. The average Bonchev–Trinajstić information content (AvgIpc) is 2.27. The Labute approximate surface area is 86.0 Å². The van der Waals surface area contributed by atoms with Crippen molar-refractivity contribution in [2.75, 3.05) is 14.1 Å². The summed E-state index contributed by atoms with van der Waals surface area (Å²) in [5.74, 6) is -0.187. The summed E-state index contributed by atoms with van der Waals surface area (Å²) in [6.45, 7) is 0. The van der Waals surface area contributed by atoms with E-state index in [1.807, 2.05) is 0 Å². The second kappa shape index (κ2) is 3.56. The Morgan fingerprint density at radius 1 is 1.27 bits per heavy atom. The van der Waals surface area contributed by atoms with Gasteiger partial charge in [0.15, 0.2) is 5.65 Å². The lowest BCUT2D eigenvalue weighted by atomic mass is 10.4. The van der Waals surface area contributed by atoms with Crippen LogP contribution in [0.3, 0.4) is 0 Å². The second-order valence-corrected chi connectivity index (χ2v) is 3.19. The molecule has 0 fully saturated rings. The highest BCUT2D eigenvalue weighted by atomic mass is 16.2. The van der Waals surface area contributed by atoms with Crippen LogP contribution >= 0.6 is 0 Å². The number of aromatic nitrogens is 4. The van der Waals surface area contributed by atoms with Crippen molar-refractivity contribution >= 4 is 17.1 Å². The molecule has 0 saturated carbocycles. The molecule has 2 heterocycles. The molecule has 0 unspecified atom stereocenters. The monoisotopic (exact) mass is 203 g/mol. The Morgan fingerprint density at radius 2 is 2.07 bits per heavy atom. The SMILES string of the molecule is CN(C)C(=O)c1cnc2ncncc2n1. The number of carbonyl (C=O) groups excluding carboxylic acids is 1. The fourth-order valence-corrected chi connectivity index (χ4v) is 1.11. The molecule has 6 heteroatoms. The highest BCUT2D eigenvalue weighted by Gasteiger charge is 2.10. The van der Waals surface area contributed by atoms with Crippen molar-refractivity contribution < 1.29 is 4.79 Å². The topological polar surface area (TPSA) is 71.9 Å². The van der Waals surface area contributed by atoms with E-state index in [2.05, 4.69) is 19.9 Å². The van der Waals surface area contributed by atoms with Gasteiger partial charge in [0.25, 0.3) is 5.91 Å². The zero-order valence-electron chi connectivity index (χ0n) is 8.38. The lowest BCUT2D eigenvalue weighted by Crippen LogP contribution is -2.23. The number of hydrogen-bond acceptors (Lipinski definition) is 5. The van der Waals surface area contributed by atoms with Gasteiger partial charge in [-0.05, 0) is 0 Å². The van der Waals surface area contributed by atoms with Crippen LogP contribution < -0.4 is 0 Å². The molecule has 0 aliphatic heterocycles. The highest BCUT2D eigenvalue weighted by Crippen LogP contribution is 2.05. The number of nitrogens with zero attached hydrogens (tertiary/aromatic N) is 5. The molecule has 0 bridgehead atoms. The summed E-state index contributed by atoms with van der Waals surface area (Å²) in [4.78, 5) is 28.9. The van der Waals surface area contributed by atoms with Crippen LogP contribution in [0.25, 0.3) is 11.2 Å². The largest absolute Gasteiger partial charge is 0.343 e. The summed E-state index contributed by atoms with van der Waals surface area (Å²) in [6, 6.07) is 0. The number of amides is 1. The first kappa shape index (κ1) is 9.45. The summed E-state index contributed by atoms with van der Waals surface area (Å²) in [5, 5.41) is 0. The maximum absolute atomic E-state index is 11.6. The van der Waals surface area contributed by atoms with Crippen LogP contribution in [-0.4, -0.2) is 44.8 Å². The van der Waals surface area contributed by atoms with E-state index in [1.165, 1.54) is 23.6 Å². The van der Waals surface area contributed by atoms with Gasteiger partial charge in [-0.3, -0.25) is 4.79 Å². The number of rotatable bonds is 1. The third kappa shape index (κ3) is 1.74. The van der Waals surface area contributed by atoms with Crippen LogP contribution in [0.15, 0.2) is 18.7 Å². The summed E-state index contributed by atoms with van der Waals surface area (Å²) in [7, 11) is 3.32. The van der Waals surface area contributed by atoms with Crippen molar-refractivity contribution in [3.8, 4) is 0 Å². The maximum atomic E-state index is 11.6. The van der Waals surface area contributed by atoms with Crippen LogP contribution in [0.2, 0.25) is 0 Å². The van der Waals surface area contributed by atoms with Gasteiger partial charge in [0.1, 0.15) is 17.5 Å². The third-order valence-corrected chi connectivity index (χ3v) is 1.85. The predicted molar refractivity (Wildman–Crippen MR) is 53.1 cm³/mol. The summed E-state index contributed by atoms with van der Waals surface area (Å²) >= 11 is 0. The Bertz CT molecular complexity index is 511. The molecule has 2 aromatic rings. The number of carbonyl (C=O) groups is 1. The minimum absolute atomic E-state index is 0.187. The van der Waals surface area contributed by atoms with Crippen LogP contribution in [0.5, 0.6) is 0 Å². The summed E-state index contributed by atoms with van der Waals surface area (Å²) in [5.41, 5.74) is 1.30. The molecule has 0 aromatic carbocycles. The van der Waals surface area contributed by atoms with Crippen molar-refractivity contribution in [2.45, 2.75) is 0 Å². The van der Waals surface area contributed by atoms with Gasteiger partial charge in [0.2, 0.25) is 0 Å². The molecule has 0 aliphatic rings. The molecular formula is C9H9N5O. The van der Waals surface area contributed by atoms with Gasteiger partial charge in [0, 0.05) is 14.1 Å². The van der Waals surface area contributed by atoms with E-state index in [0.29, 0.717) is 16.9 Å². The van der Waals surface area contributed by atoms with Crippen LogP contribution in [0, 0.1) is 0 Å². The fourth-order valence-electron chi connectivity index (χ4n) is 1.11. The highest BCUT2D eigenvalue weighted by molar-refractivity contribution is 5.93. The van der Waals surface area contributed by atoms with Crippen molar-refractivity contribution in [1.82, 2.24) is 24.8 Å². The quantitative estimate of drug-likeness (QED) is 0.658. The molecule has 0 N–H and O–H groups in total. The first-order chi connectivity index (χ1) is 7.18. The molecule has 6 nitrogen and oxygen atoms in total. The smallest absolute Gasteiger partial charge is 0.273 e. The third-order valence-electron chi connectivity index (χ3n) is 1.85. The molecule has 0 spiro atoms. The predicted octanol–water partition coefficient (Wildman–Crippen LogP) is 0.122. The van der Waals surface area contributed by atoms with Gasteiger partial charge in [-0.2, -0.15) is 0 Å². The normalized spacial score (nSPS) is 10.3. The van der Waals surface area contributed by atoms with Crippen LogP contribution in [-0.2, 0) is 0 Å². The number of fused-ring (bicyclic) bond motifs is 1. The molecule has 0 saturated heterocycles. The Kier molecular flexibility index (Phi) is 2.24. The molecule has 15 heavy (non-hydrogen) atoms. The first-order valence-electron chi connectivity index (χ1n) is 4.33.